The molecule has 0 radical (unpaired) electrons. The number of aromatic nitrogens is 2. The molecule has 1 N–H and O–H groups in total. The van der Waals surface area contributed by atoms with Crippen molar-refractivity contribution in [1.82, 2.24) is 25.1 Å². The fraction of sp³-hybridized carbons (Fsp3) is 0.762. The zero-order valence-corrected chi connectivity index (χ0v) is 18.4. The van der Waals surface area contributed by atoms with Crippen LogP contribution in [0.1, 0.15) is 31.5 Å². The number of hydrogen-bond donors (Lipinski definition) is 1. The van der Waals surface area contributed by atoms with E-state index in [1.54, 1.807) is 6.07 Å². The fourth-order valence-electron chi connectivity index (χ4n) is 5.47. The monoisotopic (exact) mass is 453 g/mol. The van der Waals surface area contributed by atoms with Gasteiger partial charge in [-0.25, -0.2) is 9.97 Å². The molecule has 0 aromatic carbocycles. The molecule has 4 saturated heterocycles. The molecule has 0 unspecified atom stereocenters. The molecule has 1 aromatic heterocycles. The van der Waals surface area contributed by atoms with Crippen LogP contribution in [0, 0.1) is 0 Å². The molecule has 1 spiro atoms. The SMILES string of the molecule is CN1C(=O)CCC12CCN(c1cc(N3CC(N4CCNCC4)C3)nc(C(F)(F)F)n1)CC2. The van der Waals surface area contributed by atoms with E-state index < -0.39 is 12.0 Å². The van der Waals surface area contributed by atoms with Gasteiger partial charge in [0, 0.05) is 83.5 Å². The van der Waals surface area contributed by atoms with E-state index in [9.17, 15) is 18.0 Å². The number of halogens is 3. The molecule has 8 nitrogen and oxygen atoms in total. The number of piperazine rings is 1. The van der Waals surface area contributed by atoms with Crippen molar-refractivity contribution in [3.63, 3.8) is 0 Å². The summed E-state index contributed by atoms with van der Waals surface area (Å²) in [4.78, 5) is 27.8. The maximum Gasteiger partial charge on any atom is 0.451 e. The molecule has 0 bridgehead atoms. The average molecular weight is 454 g/mol. The first-order valence-electron chi connectivity index (χ1n) is 11.4. The standard InChI is InChI=1S/C21H30F3N7O/c1-28-18(32)2-3-20(28)4-8-30(9-5-20)16-12-17(27-19(26-16)21(22,23)24)31-13-15(14-31)29-10-6-25-7-11-29/h12,15,25H,2-11,13-14H2,1H3. The second-order valence-corrected chi connectivity index (χ2v) is 9.41. The van der Waals surface area contributed by atoms with Gasteiger partial charge in [-0.05, 0) is 19.3 Å². The topological polar surface area (TPSA) is 67.8 Å². The van der Waals surface area contributed by atoms with E-state index in [4.69, 9.17) is 0 Å². The van der Waals surface area contributed by atoms with Gasteiger partial charge in [-0.15, -0.1) is 0 Å². The number of nitrogens with one attached hydrogen (secondary N) is 1. The lowest BCUT2D eigenvalue weighted by molar-refractivity contribution is -0.144. The highest BCUT2D eigenvalue weighted by Crippen LogP contribution is 2.39. The van der Waals surface area contributed by atoms with Crippen LogP contribution in [0.3, 0.4) is 0 Å². The van der Waals surface area contributed by atoms with E-state index in [1.165, 1.54) is 0 Å². The molecule has 0 aliphatic carbocycles. The highest BCUT2D eigenvalue weighted by Gasteiger charge is 2.45. The Balaban J connectivity index is 1.31. The second-order valence-electron chi connectivity index (χ2n) is 9.41. The Kier molecular flexibility index (Phi) is 5.43. The van der Waals surface area contributed by atoms with Crippen molar-refractivity contribution < 1.29 is 18.0 Å². The summed E-state index contributed by atoms with van der Waals surface area (Å²) in [7, 11) is 1.84. The van der Waals surface area contributed by atoms with Gasteiger partial charge >= 0.3 is 6.18 Å². The molecule has 4 aliphatic heterocycles. The third-order valence-electron chi connectivity index (χ3n) is 7.71. The van der Waals surface area contributed by atoms with Crippen molar-refractivity contribution in [2.45, 2.75) is 43.4 Å². The molecule has 0 atom stereocenters. The Labute approximate surface area is 185 Å². The Morgan fingerprint density at radius 3 is 2.19 bits per heavy atom. The van der Waals surface area contributed by atoms with Gasteiger partial charge in [-0.2, -0.15) is 13.2 Å². The minimum absolute atomic E-state index is 0.152. The average Bonchev–Trinajstić information content (AvgIpc) is 3.02. The number of hydrogen-bond acceptors (Lipinski definition) is 7. The lowest BCUT2D eigenvalue weighted by Gasteiger charge is -2.47. The summed E-state index contributed by atoms with van der Waals surface area (Å²) in [6, 6.07) is 2.06. The number of likely N-dealkylation sites (tertiary alicyclic amines) is 1. The largest absolute Gasteiger partial charge is 0.451 e. The summed E-state index contributed by atoms with van der Waals surface area (Å²) >= 11 is 0. The van der Waals surface area contributed by atoms with Crippen LogP contribution >= 0.6 is 0 Å². The van der Waals surface area contributed by atoms with Gasteiger partial charge in [-0.3, -0.25) is 9.69 Å². The van der Waals surface area contributed by atoms with E-state index in [-0.39, 0.29) is 11.4 Å². The number of carbonyl (C=O) groups excluding carboxylic acids is 1. The Hall–Kier alpha value is -2.14. The predicted molar refractivity (Wildman–Crippen MR) is 114 cm³/mol. The Morgan fingerprint density at radius 2 is 1.62 bits per heavy atom. The number of rotatable bonds is 3. The zero-order chi connectivity index (χ0) is 22.5. The number of amides is 1. The molecule has 11 heteroatoms. The summed E-state index contributed by atoms with van der Waals surface area (Å²) in [6.07, 6.45) is -1.74. The highest BCUT2D eigenvalue weighted by atomic mass is 19.4. The minimum atomic E-state index is -4.59. The fourth-order valence-corrected chi connectivity index (χ4v) is 5.47. The van der Waals surface area contributed by atoms with Gasteiger partial charge in [0.15, 0.2) is 0 Å². The van der Waals surface area contributed by atoms with Crippen LogP contribution in [0.15, 0.2) is 6.07 Å². The molecule has 1 amide bonds. The number of piperidine rings is 1. The van der Waals surface area contributed by atoms with Crippen LogP contribution in [0.25, 0.3) is 0 Å². The molecule has 1 aromatic rings. The first-order chi connectivity index (χ1) is 15.2. The lowest BCUT2D eigenvalue weighted by Crippen LogP contribution is -2.63. The molecule has 0 saturated carbocycles. The van der Waals surface area contributed by atoms with E-state index >= 15 is 0 Å². The molecular formula is C21H30F3N7O. The van der Waals surface area contributed by atoms with Crippen LogP contribution in [0.4, 0.5) is 24.8 Å². The van der Waals surface area contributed by atoms with Gasteiger partial charge in [0.2, 0.25) is 11.7 Å². The van der Waals surface area contributed by atoms with E-state index in [0.717, 1.165) is 45.4 Å². The maximum absolute atomic E-state index is 13.6. The maximum atomic E-state index is 13.6. The summed E-state index contributed by atoms with van der Waals surface area (Å²) in [5, 5.41) is 3.32. The van der Waals surface area contributed by atoms with E-state index in [2.05, 4.69) is 20.2 Å². The Bertz CT molecular complexity index is 859. The van der Waals surface area contributed by atoms with Gasteiger partial charge in [0.1, 0.15) is 11.6 Å². The number of nitrogens with zero attached hydrogens (tertiary/aromatic N) is 6. The second kappa shape index (κ2) is 8.02. The van der Waals surface area contributed by atoms with Crippen molar-refractivity contribution in [2.75, 3.05) is 69.2 Å². The summed E-state index contributed by atoms with van der Waals surface area (Å²) in [5.41, 5.74) is -0.162. The van der Waals surface area contributed by atoms with E-state index in [1.807, 2.05) is 21.7 Å². The predicted octanol–water partition coefficient (Wildman–Crippen LogP) is 1.18. The third kappa shape index (κ3) is 3.89. The molecule has 32 heavy (non-hydrogen) atoms. The van der Waals surface area contributed by atoms with Crippen LogP contribution in [0.2, 0.25) is 0 Å². The summed E-state index contributed by atoms with van der Waals surface area (Å²) in [6.45, 7) is 6.35. The van der Waals surface area contributed by atoms with Crippen LogP contribution in [0.5, 0.6) is 0 Å². The zero-order valence-electron chi connectivity index (χ0n) is 18.4. The number of carbonyl (C=O) groups is 1. The summed E-state index contributed by atoms with van der Waals surface area (Å²) in [5.74, 6) is -0.250. The van der Waals surface area contributed by atoms with Crippen molar-refractivity contribution in [1.29, 1.82) is 0 Å². The molecule has 4 aliphatic rings. The summed E-state index contributed by atoms with van der Waals surface area (Å²) < 4.78 is 40.7. The van der Waals surface area contributed by atoms with Gasteiger partial charge in [0.05, 0.1) is 0 Å². The molecule has 5 rings (SSSR count). The van der Waals surface area contributed by atoms with Crippen LogP contribution < -0.4 is 15.1 Å². The van der Waals surface area contributed by atoms with Crippen molar-refractivity contribution in [2.24, 2.45) is 0 Å². The quantitative estimate of drug-likeness (QED) is 0.737. The van der Waals surface area contributed by atoms with Gasteiger partial charge in [-0.1, -0.05) is 0 Å². The Morgan fingerprint density at radius 1 is 1.00 bits per heavy atom. The molecule has 4 fully saturated rings. The van der Waals surface area contributed by atoms with Gasteiger partial charge < -0.3 is 20.0 Å². The lowest BCUT2D eigenvalue weighted by atomic mass is 9.85. The first-order valence-corrected chi connectivity index (χ1v) is 11.4. The highest BCUT2D eigenvalue weighted by molar-refractivity contribution is 5.79. The number of anilines is 2. The smallest absolute Gasteiger partial charge is 0.356 e. The third-order valence-corrected chi connectivity index (χ3v) is 7.71. The van der Waals surface area contributed by atoms with E-state index in [0.29, 0.717) is 50.3 Å². The van der Waals surface area contributed by atoms with Crippen molar-refractivity contribution in [3.8, 4) is 0 Å². The minimum Gasteiger partial charge on any atom is -0.356 e. The molecule has 5 heterocycles. The molecule has 176 valence electrons. The van der Waals surface area contributed by atoms with Crippen molar-refractivity contribution >= 4 is 17.5 Å². The van der Waals surface area contributed by atoms with Gasteiger partial charge in [0.25, 0.3) is 0 Å². The van der Waals surface area contributed by atoms with Crippen molar-refractivity contribution in [3.05, 3.63) is 11.9 Å². The van der Waals surface area contributed by atoms with Crippen LogP contribution in [-0.4, -0.2) is 96.7 Å². The number of alkyl halides is 3. The first kappa shape index (κ1) is 21.7. The van der Waals surface area contributed by atoms with Crippen LogP contribution in [-0.2, 0) is 11.0 Å². The molecular weight excluding hydrogens is 423 g/mol. The normalized spacial score (nSPS) is 25.0.